The summed E-state index contributed by atoms with van der Waals surface area (Å²) >= 11 is 5.80. The minimum atomic E-state index is -1.08. The molecule has 1 aromatic carbocycles. The van der Waals surface area contributed by atoms with E-state index >= 15 is 0 Å². The highest BCUT2D eigenvalue weighted by Gasteiger charge is 2.63. The van der Waals surface area contributed by atoms with E-state index in [4.69, 9.17) is 16.3 Å². The van der Waals surface area contributed by atoms with Crippen molar-refractivity contribution in [1.82, 2.24) is 0 Å². The first-order valence-electron chi connectivity index (χ1n) is 5.65. The topological polar surface area (TPSA) is 55.7 Å². The molecule has 1 fully saturated rings. The van der Waals surface area contributed by atoms with Crippen molar-refractivity contribution in [2.24, 2.45) is 4.99 Å². The van der Waals surface area contributed by atoms with Gasteiger partial charge >= 0.3 is 5.97 Å². The van der Waals surface area contributed by atoms with Gasteiger partial charge in [-0.15, -0.1) is 0 Å². The maximum atomic E-state index is 11.8. The van der Waals surface area contributed by atoms with E-state index in [0.29, 0.717) is 11.4 Å². The number of nitrogens with zero attached hydrogens (tertiary/aromatic N) is 1. The molecule has 94 valence electrons. The molecule has 0 aliphatic heterocycles. The molecule has 1 aromatic rings. The van der Waals surface area contributed by atoms with Crippen LogP contribution in [0.5, 0.6) is 0 Å². The van der Waals surface area contributed by atoms with Gasteiger partial charge in [0.05, 0.1) is 6.61 Å². The first-order chi connectivity index (χ1) is 8.64. The zero-order valence-corrected chi connectivity index (χ0v) is 10.6. The number of halogens is 1. The fraction of sp³-hybridized carbons (Fsp3) is 0.385. The molecular weight excluding hydrogens is 254 g/mol. The second-order valence-electron chi connectivity index (χ2n) is 4.16. The van der Waals surface area contributed by atoms with E-state index in [0.717, 1.165) is 5.56 Å². The van der Waals surface area contributed by atoms with E-state index in [2.05, 4.69) is 4.99 Å². The van der Waals surface area contributed by atoms with Crippen molar-refractivity contribution in [3.63, 3.8) is 0 Å². The van der Waals surface area contributed by atoms with E-state index < -0.39 is 11.5 Å². The maximum Gasteiger partial charge on any atom is 0.335 e. The minimum Gasteiger partial charge on any atom is -0.464 e. The van der Waals surface area contributed by atoms with Gasteiger partial charge in [0.25, 0.3) is 0 Å². The van der Waals surface area contributed by atoms with Crippen LogP contribution in [0.25, 0.3) is 0 Å². The lowest BCUT2D eigenvalue weighted by Gasteiger charge is -2.09. The molecule has 0 spiro atoms. The van der Waals surface area contributed by atoms with Crippen molar-refractivity contribution in [2.45, 2.75) is 24.8 Å². The van der Waals surface area contributed by atoms with Gasteiger partial charge in [-0.05, 0) is 31.0 Å². The van der Waals surface area contributed by atoms with Crippen molar-refractivity contribution in [1.29, 1.82) is 0 Å². The van der Waals surface area contributed by atoms with Crippen molar-refractivity contribution in [3.05, 3.63) is 34.9 Å². The SMILES string of the molecule is CCOC(=O)C1(N=C=O)CC1c1ccc(Cl)cc1. The minimum absolute atomic E-state index is 0.129. The molecule has 0 saturated heterocycles. The summed E-state index contributed by atoms with van der Waals surface area (Å²) in [4.78, 5) is 26.0. The Labute approximate surface area is 110 Å². The molecule has 18 heavy (non-hydrogen) atoms. The highest BCUT2D eigenvalue weighted by atomic mass is 35.5. The van der Waals surface area contributed by atoms with Crippen LogP contribution in [0.4, 0.5) is 0 Å². The Kier molecular flexibility index (Phi) is 3.50. The summed E-state index contributed by atoms with van der Waals surface area (Å²) in [7, 11) is 0. The maximum absolute atomic E-state index is 11.8. The Balaban J connectivity index is 2.24. The van der Waals surface area contributed by atoms with E-state index in [1.807, 2.05) is 12.1 Å². The summed E-state index contributed by atoms with van der Waals surface area (Å²) < 4.78 is 4.96. The number of benzene rings is 1. The van der Waals surface area contributed by atoms with Gasteiger partial charge in [-0.1, -0.05) is 23.7 Å². The molecule has 2 atom stereocenters. The summed E-state index contributed by atoms with van der Waals surface area (Å²) in [5, 5.41) is 0.625. The van der Waals surface area contributed by atoms with Crippen LogP contribution < -0.4 is 0 Å². The number of rotatable bonds is 4. The Morgan fingerprint density at radius 2 is 2.22 bits per heavy atom. The summed E-state index contributed by atoms with van der Waals surface area (Å²) in [5.41, 5.74) is -0.155. The molecule has 0 aromatic heterocycles. The Hall–Kier alpha value is -1.64. The van der Waals surface area contributed by atoms with E-state index in [9.17, 15) is 9.59 Å². The smallest absolute Gasteiger partial charge is 0.335 e. The molecule has 1 aliphatic rings. The van der Waals surface area contributed by atoms with Crippen molar-refractivity contribution < 1.29 is 14.3 Å². The number of carbonyl (C=O) groups is 1. The Morgan fingerprint density at radius 1 is 1.56 bits per heavy atom. The number of aliphatic imine (C=N–C) groups is 1. The van der Waals surface area contributed by atoms with Crippen molar-refractivity contribution in [2.75, 3.05) is 6.61 Å². The molecule has 1 aliphatic carbocycles. The quantitative estimate of drug-likeness (QED) is 0.477. The predicted octanol–water partition coefficient (Wildman–Crippen LogP) is 2.47. The Bertz CT molecular complexity index is 507. The number of ether oxygens (including phenoxy) is 1. The number of carbonyl (C=O) groups excluding carboxylic acids is 2. The van der Waals surface area contributed by atoms with Crippen LogP contribution in [-0.2, 0) is 14.3 Å². The molecule has 0 radical (unpaired) electrons. The standard InChI is InChI=1S/C13H12ClNO3/c1-2-18-12(17)13(15-8-16)7-11(13)9-3-5-10(14)6-4-9/h3-6,11H,2,7H2,1H3. The number of hydrogen-bond donors (Lipinski definition) is 0. The van der Waals surface area contributed by atoms with Crippen LogP contribution in [0.2, 0.25) is 5.02 Å². The summed E-state index contributed by atoms with van der Waals surface area (Å²) in [6.07, 6.45) is 1.94. The molecular formula is C13H12ClNO3. The lowest BCUT2D eigenvalue weighted by Crippen LogP contribution is -2.25. The summed E-state index contributed by atoms with van der Waals surface area (Å²) in [6, 6.07) is 7.15. The Morgan fingerprint density at radius 3 is 2.78 bits per heavy atom. The first-order valence-corrected chi connectivity index (χ1v) is 6.03. The summed E-state index contributed by atoms with van der Waals surface area (Å²) in [5.74, 6) is -0.594. The van der Waals surface area contributed by atoms with E-state index in [-0.39, 0.29) is 12.5 Å². The molecule has 0 bridgehead atoms. The van der Waals surface area contributed by atoms with Gasteiger partial charge in [0.15, 0.2) is 5.54 Å². The number of hydrogen-bond acceptors (Lipinski definition) is 4. The highest BCUT2D eigenvalue weighted by Crippen LogP contribution is 2.55. The van der Waals surface area contributed by atoms with Crippen LogP contribution in [0.3, 0.4) is 0 Å². The van der Waals surface area contributed by atoms with Crippen LogP contribution in [0.1, 0.15) is 24.8 Å². The third-order valence-electron chi connectivity index (χ3n) is 3.08. The van der Waals surface area contributed by atoms with Gasteiger partial charge in [0.1, 0.15) is 0 Å². The van der Waals surface area contributed by atoms with E-state index in [1.165, 1.54) is 6.08 Å². The van der Waals surface area contributed by atoms with Crippen molar-refractivity contribution >= 4 is 23.7 Å². The first kappa shape index (κ1) is 12.8. The van der Waals surface area contributed by atoms with Gasteiger partial charge in [-0.3, -0.25) is 0 Å². The largest absolute Gasteiger partial charge is 0.464 e. The van der Waals surface area contributed by atoms with Gasteiger partial charge < -0.3 is 4.74 Å². The third kappa shape index (κ3) is 2.17. The molecule has 0 N–H and O–H groups in total. The number of esters is 1. The van der Waals surface area contributed by atoms with Gasteiger partial charge in [0, 0.05) is 10.9 Å². The average molecular weight is 266 g/mol. The average Bonchev–Trinajstić information content (AvgIpc) is 3.07. The van der Waals surface area contributed by atoms with Crippen molar-refractivity contribution in [3.8, 4) is 0 Å². The molecule has 5 heteroatoms. The molecule has 2 rings (SSSR count). The summed E-state index contributed by atoms with van der Waals surface area (Å²) in [6.45, 7) is 1.98. The molecule has 2 unspecified atom stereocenters. The van der Waals surface area contributed by atoms with Crippen LogP contribution >= 0.6 is 11.6 Å². The zero-order valence-electron chi connectivity index (χ0n) is 9.85. The fourth-order valence-electron chi connectivity index (χ4n) is 2.07. The van der Waals surface area contributed by atoms with Crippen LogP contribution in [-0.4, -0.2) is 24.2 Å². The molecule has 0 heterocycles. The zero-order chi connectivity index (χ0) is 13.2. The molecule has 1 saturated carbocycles. The van der Waals surface area contributed by atoms with Gasteiger partial charge in [-0.25, -0.2) is 9.59 Å². The fourth-order valence-corrected chi connectivity index (χ4v) is 2.20. The van der Waals surface area contributed by atoms with Gasteiger partial charge in [0.2, 0.25) is 6.08 Å². The van der Waals surface area contributed by atoms with Gasteiger partial charge in [-0.2, -0.15) is 4.99 Å². The third-order valence-corrected chi connectivity index (χ3v) is 3.33. The lowest BCUT2D eigenvalue weighted by molar-refractivity contribution is -0.145. The highest BCUT2D eigenvalue weighted by molar-refractivity contribution is 6.30. The normalized spacial score (nSPS) is 25.1. The van der Waals surface area contributed by atoms with E-state index in [1.54, 1.807) is 19.1 Å². The molecule has 4 nitrogen and oxygen atoms in total. The second kappa shape index (κ2) is 4.92. The molecule has 0 amide bonds. The second-order valence-corrected chi connectivity index (χ2v) is 4.59. The number of isocyanates is 1. The van der Waals surface area contributed by atoms with Crippen LogP contribution in [0, 0.1) is 0 Å². The van der Waals surface area contributed by atoms with Crippen LogP contribution in [0.15, 0.2) is 29.3 Å². The lowest BCUT2D eigenvalue weighted by atomic mass is 10.1. The monoisotopic (exact) mass is 265 g/mol. The predicted molar refractivity (Wildman–Crippen MR) is 66.3 cm³/mol.